The number of carbonyl (C=O) groups is 1. The molecule has 3 nitrogen and oxygen atoms in total. The van der Waals surface area contributed by atoms with Gasteiger partial charge in [0.05, 0.1) is 0 Å². The average molecular weight is 348 g/mol. The average Bonchev–Trinajstić information content (AvgIpc) is 2.68. The quantitative estimate of drug-likeness (QED) is 0.890. The largest absolute Gasteiger partial charge is 0.366 e. The van der Waals surface area contributed by atoms with Crippen LogP contribution in [0.25, 0.3) is 0 Å². The molecule has 1 saturated heterocycles. The van der Waals surface area contributed by atoms with Gasteiger partial charge in [-0.05, 0) is 67.3 Å². The Balaban J connectivity index is 1.48. The van der Waals surface area contributed by atoms with Crippen LogP contribution in [0.4, 0.5) is 0 Å². The van der Waals surface area contributed by atoms with Crippen molar-refractivity contribution < 1.29 is 4.79 Å². The van der Waals surface area contributed by atoms with Crippen LogP contribution in [0, 0.1) is 0 Å². The minimum Gasteiger partial charge on any atom is -0.366 e. The van der Waals surface area contributed by atoms with Gasteiger partial charge in [0.15, 0.2) is 0 Å². The summed E-state index contributed by atoms with van der Waals surface area (Å²) < 4.78 is 0. The maximum Gasteiger partial charge on any atom is 0.248 e. The fourth-order valence-corrected chi connectivity index (χ4v) is 5.03. The number of likely N-dealkylation sites (tertiary alicyclic amines) is 1. The first kappa shape index (κ1) is 17.3. The number of primary amides is 1. The van der Waals surface area contributed by atoms with Crippen LogP contribution in [-0.2, 0) is 11.8 Å². The van der Waals surface area contributed by atoms with Crippen LogP contribution in [0.2, 0.25) is 0 Å². The van der Waals surface area contributed by atoms with Crippen LogP contribution in [0.15, 0.2) is 54.6 Å². The molecule has 26 heavy (non-hydrogen) atoms. The maximum absolute atomic E-state index is 11.6. The van der Waals surface area contributed by atoms with Crippen LogP contribution in [-0.4, -0.2) is 29.9 Å². The summed E-state index contributed by atoms with van der Waals surface area (Å²) in [5.74, 6) is -0.323. The summed E-state index contributed by atoms with van der Waals surface area (Å²) in [5, 5.41) is 0. The Hall–Kier alpha value is -2.13. The lowest BCUT2D eigenvalue weighted by Crippen LogP contribution is -2.52. The third-order valence-electron chi connectivity index (χ3n) is 6.50. The summed E-state index contributed by atoms with van der Waals surface area (Å²) in [6, 6.07) is 19.5. The van der Waals surface area contributed by atoms with Gasteiger partial charge in [-0.15, -0.1) is 0 Å². The van der Waals surface area contributed by atoms with Gasteiger partial charge in [-0.3, -0.25) is 9.69 Å². The zero-order valence-corrected chi connectivity index (χ0v) is 15.4. The van der Waals surface area contributed by atoms with Crippen molar-refractivity contribution in [3.63, 3.8) is 0 Å². The van der Waals surface area contributed by atoms with Crippen molar-refractivity contribution >= 4 is 5.91 Å². The summed E-state index contributed by atoms with van der Waals surface area (Å²) >= 11 is 0. The Morgan fingerprint density at radius 2 is 1.96 bits per heavy atom. The summed E-state index contributed by atoms with van der Waals surface area (Å²) in [7, 11) is 0. The lowest BCUT2D eigenvalue weighted by atomic mass is 9.63. The molecule has 1 aliphatic heterocycles. The van der Waals surface area contributed by atoms with Gasteiger partial charge in [-0.25, -0.2) is 0 Å². The van der Waals surface area contributed by atoms with E-state index >= 15 is 0 Å². The van der Waals surface area contributed by atoms with Crippen molar-refractivity contribution in [1.82, 2.24) is 4.90 Å². The third kappa shape index (κ3) is 3.41. The first-order valence-corrected chi connectivity index (χ1v) is 9.85. The molecule has 2 aliphatic rings. The summed E-state index contributed by atoms with van der Waals surface area (Å²) in [6.45, 7) is 2.30. The fraction of sp³-hybridized carbons (Fsp3) is 0.435. The smallest absolute Gasteiger partial charge is 0.248 e. The Labute approximate surface area is 156 Å². The minimum atomic E-state index is -0.323. The predicted molar refractivity (Wildman–Crippen MR) is 105 cm³/mol. The molecule has 2 aromatic carbocycles. The highest BCUT2D eigenvalue weighted by atomic mass is 16.1. The SMILES string of the molecule is NC(=O)c1cccc(C23CCCC(C2)N(CCc2ccccc2)CC3)c1. The zero-order chi connectivity index (χ0) is 18.0. The van der Waals surface area contributed by atoms with Crippen molar-refractivity contribution in [3.05, 3.63) is 71.3 Å². The Morgan fingerprint density at radius 1 is 1.12 bits per heavy atom. The molecule has 1 heterocycles. The number of nitrogens with two attached hydrogens (primary N) is 1. The molecule has 2 aromatic rings. The lowest BCUT2D eigenvalue weighted by molar-refractivity contribution is 0.0525. The highest BCUT2D eigenvalue weighted by molar-refractivity contribution is 5.92. The molecule has 0 radical (unpaired) electrons. The van der Waals surface area contributed by atoms with Gasteiger partial charge in [0.25, 0.3) is 0 Å². The number of amides is 1. The van der Waals surface area contributed by atoms with E-state index in [0.29, 0.717) is 11.6 Å². The van der Waals surface area contributed by atoms with Crippen molar-refractivity contribution in [2.75, 3.05) is 13.1 Å². The molecule has 2 atom stereocenters. The Kier molecular flexibility index (Phi) is 4.82. The van der Waals surface area contributed by atoms with E-state index in [1.807, 2.05) is 18.2 Å². The number of carbonyl (C=O) groups excluding carboxylic acids is 1. The number of hydrogen-bond donors (Lipinski definition) is 1. The van der Waals surface area contributed by atoms with Gasteiger partial charge >= 0.3 is 0 Å². The van der Waals surface area contributed by atoms with Crippen molar-refractivity contribution in [1.29, 1.82) is 0 Å². The van der Waals surface area contributed by atoms with Gasteiger partial charge in [-0.1, -0.05) is 48.9 Å². The Bertz CT molecular complexity index is 773. The number of benzene rings is 2. The zero-order valence-electron chi connectivity index (χ0n) is 15.4. The van der Waals surface area contributed by atoms with Gasteiger partial charge in [0, 0.05) is 18.2 Å². The van der Waals surface area contributed by atoms with E-state index in [4.69, 9.17) is 5.73 Å². The van der Waals surface area contributed by atoms with Gasteiger partial charge in [0.1, 0.15) is 0 Å². The molecular weight excluding hydrogens is 320 g/mol. The molecule has 2 fully saturated rings. The van der Waals surface area contributed by atoms with E-state index in [9.17, 15) is 4.79 Å². The molecule has 0 aromatic heterocycles. The number of nitrogens with zero attached hydrogens (tertiary/aromatic N) is 1. The molecule has 1 saturated carbocycles. The molecular formula is C23H28N2O. The minimum absolute atomic E-state index is 0.234. The molecule has 3 heteroatoms. The van der Waals surface area contributed by atoms with E-state index in [2.05, 4.69) is 41.3 Å². The van der Waals surface area contributed by atoms with E-state index in [1.165, 1.54) is 43.2 Å². The van der Waals surface area contributed by atoms with Crippen LogP contribution in [0.3, 0.4) is 0 Å². The molecule has 136 valence electrons. The summed E-state index contributed by atoms with van der Waals surface area (Å²) in [4.78, 5) is 14.3. The fourth-order valence-electron chi connectivity index (χ4n) is 5.03. The predicted octanol–water partition coefficient (Wildman–Crippen LogP) is 3.91. The number of hydrogen-bond acceptors (Lipinski definition) is 2. The highest BCUT2D eigenvalue weighted by Gasteiger charge is 2.43. The monoisotopic (exact) mass is 348 g/mol. The van der Waals surface area contributed by atoms with Crippen LogP contribution >= 0.6 is 0 Å². The molecule has 2 N–H and O–H groups in total. The van der Waals surface area contributed by atoms with E-state index < -0.39 is 0 Å². The number of piperidine rings is 1. The van der Waals surface area contributed by atoms with Gasteiger partial charge in [0.2, 0.25) is 5.91 Å². The van der Waals surface area contributed by atoms with E-state index in [1.54, 1.807) is 0 Å². The van der Waals surface area contributed by atoms with Gasteiger partial charge < -0.3 is 5.73 Å². The van der Waals surface area contributed by atoms with Gasteiger partial charge in [-0.2, -0.15) is 0 Å². The molecule has 4 rings (SSSR count). The lowest BCUT2D eigenvalue weighted by Gasteiger charge is -2.51. The second-order valence-corrected chi connectivity index (χ2v) is 8.00. The highest BCUT2D eigenvalue weighted by Crippen LogP contribution is 2.47. The van der Waals surface area contributed by atoms with E-state index in [0.717, 1.165) is 19.5 Å². The van der Waals surface area contributed by atoms with Crippen LogP contribution in [0.1, 0.15) is 53.6 Å². The molecule has 2 bridgehead atoms. The topological polar surface area (TPSA) is 46.3 Å². The third-order valence-corrected chi connectivity index (χ3v) is 6.50. The molecule has 2 unspecified atom stereocenters. The van der Waals surface area contributed by atoms with Crippen molar-refractivity contribution in [3.8, 4) is 0 Å². The first-order chi connectivity index (χ1) is 12.7. The Morgan fingerprint density at radius 3 is 2.77 bits per heavy atom. The summed E-state index contributed by atoms with van der Waals surface area (Å²) in [5.41, 5.74) is 9.13. The normalized spacial score (nSPS) is 25.8. The van der Waals surface area contributed by atoms with Crippen molar-refractivity contribution in [2.24, 2.45) is 5.73 Å². The number of rotatable bonds is 5. The first-order valence-electron chi connectivity index (χ1n) is 9.85. The molecule has 1 aliphatic carbocycles. The second kappa shape index (κ2) is 7.24. The maximum atomic E-state index is 11.6. The second-order valence-electron chi connectivity index (χ2n) is 8.00. The van der Waals surface area contributed by atoms with Crippen LogP contribution in [0.5, 0.6) is 0 Å². The summed E-state index contributed by atoms with van der Waals surface area (Å²) in [6.07, 6.45) is 7.32. The number of fused-ring (bicyclic) bond motifs is 2. The van der Waals surface area contributed by atoms with E-state index in [-0.39, 0.29) is 11.3 Å². The molecule has 0 spiro atoms. The van der Waals surface area contributed by atoms with Crippen LogP contribution < -0.4 is 5.73 Å². The standard InChI is InChI=1S/C23H28N2O/c24-22(26)19-8-4-9-20(16-19)23-12-5-10-21(17-23)25(15-13-23)14-11-18-6-2-1-3-7-18/h1-4,6-9,16,21H,5,10-15,17H2,(H2,24,26). The van der Waals surface area contributed by atoms with Crippen molar-refractivity contribution in [2.45, 2.75) is 50.0 Å². The molecule has 1 amide bonds.